The van der Waals surface area contributed by atoms with Gasteiger partial charge >= 0.3 is 0 Å². The van der Waals surface area contributed by atoms with Crippen molar-refractivity contribution >= 4 is 11.8 Å². The molecule has 0 N–H and O–H groups in total. The highest BCUT2D eigenvalue weighted by Crippen LogP contribution is 2.32. The highest BCUT2D eigenvalue weighted by Gasteiger charge is 2.24. The zero-order chi connectivity index (χ0) is 16.0. The average Bonchev–Trinajstić information content (AvgIpc) is 2.96. The third-order valence-electron chi connectivity index (χ3n) is 4.76. The van der Waals surface area contributed by atoms with Crippen LogP contribution in [0.15, 0.2) is 22.7 Å². The molecule has 0 radical (unpaired) electrons. The molecule has 0 bridgehead atoms. The number of aliphatic imine (C=N–C) groups is 1. The Morgan fingerprint density at radius 3 is 2.87 bits per heavy atom. The molecule has 0 saturated heterocycles. The number of rotatable bonds is 2. The SMILES string of the molecule is CCC1=C(c2cc(F)c3c(c2)CCc2nnc(C)n2-3)C=NCC1. The molecule has 0 saturated carbocycles. The van der Waals surface area contributed by atoms with E-state index in [2.05, 4.69) is 28.2 Å². The van der Waals surface area contributed by atoms with E-state index in [0.29, 0.717) is 5.69 Å². The van der Waals surface area contributed by atoms with Crippen LogP contribution in [0.25, 0.3) is 11.3 Å². The summed E-state index contributed by atoms with van der Waals surface area (Å²) in [5, 5.41) is 8.24. The smallest absolute Gasteiger partial charge is 0.148 e. The molecule has 4 rings (SSSR count). The first-order valence-electron chi connectivity index (χ1n) is 8.15. The standard InChI is InChI=1S/C18H19FN4/c1-3-12-6-7-20-10-15(12)14-8-13-4-5-17-22-21-11(2)23(17)18(13)16(19)9-14/h8-10H,3-7H2,1-2H3. The second kappa shape index (κ2) is 5.41. The minimum absolute atomic E-state index is 0.205. The Morgan fingerprint density at radius 1 is 1.17 bits per heavy atom. The van der Waals surface area contributed by atoms with Crippen LogP contribution in [0.1, 0.15) is 42.5 Å². The van der Waals surface area contributed by atoms with Crippen molar-refractivity contribution in [3.8, 4) is 5.69 Å². The fraction of sp³-hybridized carbons (Fsp3) is 0.389. The first kappa shape index (κ1) is 14.3. The van der Waals surface area contributed by atoms with Gasteiger partial charge < -0.3 is 0 Å². The number of aromatic nitrogens is 3. The lowest BCUT2D eigenvalue weighted by molar-refractivity contribution is 0.601. The molecule has 1 aromatic heterocycles. The summed E-state index contributed by atoms with van der Waals surface area (Å²) < 4.78 is 16.8. The molecule has 0 unspecified atom stereocenters. The molecule has 0 atom stereocenters. The van der Waals surface area contributed by atoms with Crippen molar-refractivity contribution in [2.45, 2.75) is 39.5 Å². The minimum atomic E-state index is -0.205. The van der Waals surface area contributed by atoms with Crippen molar-refractivity contribution in [3.05, 3.63) is 46.3 Å². The monoisotopic (exact) mass is 310 g/mol. The number of aryl methyl sites for hydroxylation is 3. The van der Waals surface area contributed by atoms with E-state index in [1.54, 1.807) is 6.07 Å². The lowest BCUT2D eigenvalue weighted by Crippen LogP contribution is -2.16. The largest absolute Gasteiger partial charge is 0.292 e. The minimum Gasteiger partial charge on any atom is -0.292 e. The number of nitrogens with zero attached hydrogens (tertiary/aromatic N) is 4. The number of allylic oxidation sites excluding steroid dienone is 1. The van der Waals surface area contributed by atoms with Gasteiger partial charge in [0.2, 0.25) is 0 Å². The predicted molar refractivity (Wildman–Crippen MR) is 88.6 cm³/mol. The zero-order valence-corrected chi connectivity index (χ0v) is 13.4. The summed E-state index contributed by atoms with van der Waals surface area (Å²) in [6.07, 6.45) is 5.45. The van der Waals surface area contributed by atoms with Crippen molar-refractivity contribution in [3.63, 3.8) is 0 Å². The Morgan fingerprint density at radius 2 is 2.04 bits per heavy atom. The summed E-state index contributed by atoms with van der Waals surface area (Å²) >= 11 is 0. The third-order valence-corrected chi connectivity index (χ3v) is 4.76. The zero-order valence-electron chi connectivity index (χ0n) is 13.4. The van der Waals surface area contributed by atoms with Gasteiger partial charge in [-0.05, 0) is 55.0 Å². The highest BCUT2D eigenvalue weighted by atomic mass is 19.1. The molecule has 23 heavy (non-hydrogen) atoms. The fourth-order valence-electron chi connectivity index (χ4n) is 3.59. The first-order chi connectivity index (χ1) is 11.2. The van der Waals surface area contributed by atoms with Crippen LogP contribution < -0.4 is 0 Å². The first-order valence-corrected chi connectivity index (χ1v) is 8.15. The normalized spacial score (nSPS) is 16.5. The van der Waals surface area contributed by atoms with Gasteiger partial charge in [0.05, 0.1) is 5.69 Å². The molecule has 0 amide bonds. The van der Waals surface area contributed by atoms with Crippen molar-refractivity contribution in [1.29, 1.82) is 0 Å². The molecule has 2 aliphatic heterocycles. The lowest BCUT2D eigenvalue weighted by Gasteiger charge is -2.22. The second-order valence-corrected chi connectivity index (χ2v) is 6.12. The number of dihydropyridines is 1. The van der Waals surface area contributed by atoms with Crippen LogP contribution in [0.5, 0.6) is 0 Å². The molecule has 1 aromatic carbocycles. The third kappa shape index (κ3) is 2.22. The van der Waals surface area contributed by atoms with Crippen molar-refractivity contribution in [1.82, 2.24) is 14.8 Å². The van der Waals surface area contributed by atoms with Crippen molar-refractivity contribution < 1.29 is 4.39 Å². The quantitative estimate of drug-likeness (QED) is 0.852. The molecule has 118 valence electrons. The Hall–Kier alpha value is -2.30. The van der Waals surface area contributed by atoms with E-state index >= 15 is 0 Å². The molecule has 0 spiro atoms. The summed E-state index contributed by atoms with van der Waals surface area (Å²) in [7, 11) is 0. The summed E-state index contributed by atoms with van der Waals surface area (Å²) in [6.45, 7) is 4.85. The van der Waals surface area contributed by atoms with Crippen LogP contribution in [0.2, 0.25) is 0 Å². The molecule has 2 aliphatic rings. The van der Waals surface area contributed by atoms with Crippen molar-refractivity contribution in [2.75, 3.05) is 6.54 Å². The summed E-state index contributed by atoms with van der Waals surface area (Å²) in [6, 6.07) is 3.75. The van der Waals surface area contributed by atoms with Gasteiger partial charge in [0.1, 0.15) is 17.5 Å². The van der Waals surface area contributed by atoms with E-state index in [0.717, 1.165) is 60.6 Å². The summed E-state index contributed by atoms with van der Waals surface area (Å²) in [5.74, 6) is 1.37. The number of hydrogen-bond acceptors (Lipinski definition) is 3. The van der Waals surface area contributed by atoms with Crippen LogP contribution in [0.3, 0.4) is 0 Å². The van der Waals surface area contributed by atoms with E-state index in [-0.39, 0.29) is 5.82 Å². The molecular formula is C18H19FN4. The van der Waals surface area contributed by atoms with Gasteiger partial charge in [0.15, 0.2) is 0 Å². The summed E-state index contributed by atoms with van der Waals surface area (Å²) in [4.78, 5) is 4.39. The molecule has 3 heterocycles. The summed E-state index contributed by atoms with van der Waals surface area (Å²) in [5.41, 5.74) is 5.03. The maximum atomic E-state index is 14.9. The van der Waals surface area contributed by atoms with Crippen LogP contribution in [0.4, 0.5) is 4.39 Å². The Kier molecular flexibility index (Phi) is 3.36. The van der Waals surface area contributed by atoms with Gasteiger partial charge in [-0.1, -0.05) is 12.5 Å². The number of fused-ring (bicyclic) bond motifs is 3. The van der Waals surface area contributed by atoms with Gasteiger partial charge in [-0.2, -0.15) is 0 Å². The Bertz CT molecular complexity index is 845. The van der Waals surface area contributed by atoms with E-state index in [1.165, 1.54) is 5.57 Å². The fourth-order valence-corrected chi connectivity index (χ4v) is 3.59. The van der Waals surface area contributed by atoms with Gasteiger partial charge in [-0.3, -0.25) is 9.56 Å². The van der Waals surface area contributed by atoms with Gasteiger partial charge in [0, 0.05) is 19.2 Å². The Balaban J connectivity index is 1.89. The second-order valence-electron chi connectivity index (χ2n) is 6.12. The van der Waals surface area contributed by atoms with E-state index < -0.39 is 0 Å². The van der Waals surface area contributed by atoms with Crippen LogP contribution in [0, 0.1) is 12.7 Å². The van der Waals surface area contributed by atoms with Crippen LogP contribution >= 0.6 is 0 Å². The molecule has 0 aliphatic carbocycles. The molecule has 5 heteroatoms. The Labute approximate surface area is 134 Å². The number of benzene rings is 1. The number of hydrogen-bond donors (Lipinski definition) is 0. The lowest BCUT2D eigenvalue weighted by atomic mass is 9.91. The molecule has 2 aromatic rings. The highest BCUT2D eigenvalue weighted by molar-refractivity contribution is 6.11. The number of halogens is 1. The van der Waals surface area contributed by atoms with E-state index in [1.807, 2.05) is 17.7 Å². The maximum absolute atomic E-state index is 14.9. The molecule has 0 fully saturated rings. The van der Waals surface area contributed by atoms with Gasteiger partial charge in [0.25, 0.3) is 0 Å². The predicted octanol–water partition coefficient (Wildman–Crippen LogP) is 3.45. The van der Waals surface area contributed by atoms with Gasteiger partial charge in [-0.15, -0.1) is 10.2 Å². The molecule has 4 nitrogen and oxygen atoms in total. The van der Waals surface area contributed by atoms with Crippen LogP contribution in [-0.4, -0.2) is 27.5 Å². The average molecular weight is 310 g/mol. The van der Waals surface area contributed by atoms with E-state index in [4.69, 9.17) is 0 Å². The van der Waals surface area contributed by atoms with Gasteiger partial charge in [-0.25, -0.2) is 4.39 Å². The van der Waals surface area contributed by atoms with Crippen molar-refractivity contribution in [2.24, 2.45) is 4.99 Å². The van der Waals surface area contributed by atoms with Crippen LogP contribution in [-0.2, 0) is 12.8 Å². The van der Waals surface area contributed by atoms with E-state index in [9.17, 15) is 4.39 Å². The molecular weight excluding hydrogens is 291 g/mol. The topological polar surface area (TPSA) is 43.1 Å². The maximum Gasteiger partial charge on any atom is 0.148 e.